The number of carbonyl (C=O) groups excluding carboxylic acids is 2. The lowest BCUT2D eigenvalue weighted by Gasteiger charge is -2.08. The molecule has 0 bridgehead atoms. The smallest absolute Gasteiger partial charge is 0.356 e. The van der Waals surface area contributed by atoms with E-state index < -0.39 is 5.97 Å². The molecule has 1 aromatic rings. The number of carbonyl (C=O) groups is 2. The van der Waals surface area contributed by atoms with Crippen molar-refractivity contribution < 1.29 is 19.1 Å². The minimum absolute atomic E-state index is 0.231. The van der Waals surface area contributed by atoms with Gasteiger partial charge in [-0.2, -0.15) is 0 Å². The Bertz CT molecular complexity index is 399. The summed E-state index contributed by atoms with van der Waals surface area (Å²) in [4.78, 5) is 26.3. The predicted octanol–water partition coefficient (Wildman–Crippen LogP) is 1.22. The standard InChI is InChI=1S/C12H15NO4/c1-8(11(14)16-2)6-9-4-5-10(13-7-9)12(15)17-3/h4-5,7-8H,6H2,1-3H3. The molecule has 1 rings (SSSR count). The van der Waals surface area contributed by atoms with Gasteiger partial charge in [-0.25, -0.2) is 9.78 Å². The first-order valence-corrected chi connectivity index (χ1v) is 5.19. The van der Waals surface area contributed by atoms with Crippen LogP contribution >= 0.6 is 0 Å². The number of methoxy groups -OCH3 is 2. The first-order valence-electron chi connectivity index (χ1n) is 5.19. The topological polar surface area (TPSA) is 65.5 Å². The Morgan fingerprint density at radius 1 is 1.29 bits per heavy atom. The average molecular weight is 237 g/mol. The lowest BCUT2D eigenvalue weighted by atomic mass is 10.0. The molecule has 1 atom stereocenters. The maximum atomic E-state index is 11.2. The van der Waals surface area contributed by atoms with E-state index in [9.17, 15) is 9.59 Å². The van der Waals surface area contributed by atoms with Crippen LogP contribution < -0.4 is 0 Å². The number of esters is 2. The van der Waals surface area contributed by atoms with Gasteiger partial charge in [0.2, 0.25) is 0 Å². The van der Waals surface area contributed by atoms with Crippen molar-refractivity contribution in [2.75, 3.05) is 14.2 Å². The summed E-state index contributed by atoms with van der Waals surface area (Å²) in [5.74, 6) is -0.967. The lowest BCUT2D eigenvalue weighted by molar-refractivity contribution is -0.144. The van der Waals surface area contributed by atoms with Gasteiger partial charge in [-0.3, -0.25) is 4.79 Å². The van der Waals surface area contributed by atoms with E-state index in [1.165, 1.54) is 14.2 Å². The molecule has 0 saturated carbocycles. The molecule has 1 aromatic heterocycles. The molecule has 0 spiro atoms. The van der Waals surface area contributed by atoms with E-state index >= 15 is 0 Å². The fraction of sp³-hybridized carbons (Fsp3) is 0.417. The molecule has 1 unspecified atom stereocenters. The van der Waals surface area contributed by atoms with Crippen molar-refractivity contribution in [2.24, 2.45) is 5.92 Å². The van der Waals surface area contributed by atoms with Crippen LogP contribution in [0.4, 0.5) is 0 Å². The van der Waals surface area contributed by atoms with E-state index in [4.69, 9.17) is 0 Å². The highest BCUT2D eigenvalue weighted by molar-refractivity contribution is 5.87. The minimum atomic E-state index is -0.474. The highest BCUT2D eigenvalue weighted by Gasteiger charge is 2.14. The third-order valence-electron chi connectivity index (χ3n) is 2.36. The normalized spacial score (nSPS) is 11.7. The van der Waals surface area contributed by atoms with Gasteiger partial charge in [0.1, 0.15) is 5.69 Å². The number of rotatable bonds is 4. The van der Waals surface area contributed by atoms with Crippen molar-refractivity contribution in [3.63, 3.8) is 0 Å². The van der Waals surface area contributed by atoms with E-state index in [0.717, 1.165) is 5.56 Å². The molecular formula is C12H15NO4. The van der Waals surface area contributed by atoms with E-state index in [-0.39, 0.29) is 17.6 Å². The molecule has 5 nitrogen and oxygen atoms in total. The summed E-state index contributed by atoms with van der Waals surface area (Å²) >= 11 is 0. The highest BCUT2D eigenvalue weighted by atomic mass is 16.5. The number of ether oxygens (including phenoxy) is 2. The summed E-state index contributed by atoms with van der Waals surface area (Å²) in [5, 5.41) is 0. The zero-order valence-corrected chi connectivity index (χ0v) is 10.1. The summed E-state index contributed by atoms with van der Waals surface area (Å²) in [7, 11) is 2.66. The number of nitrogens with zero attached hydrogens (tertiary/aromatic N) is 1. The second kappa shape index (κ2) is 5.98. The lowest BCUT2D eigenvalue weighted by Crippen LogP contribution is -2.15. The monoisotopic (exact) mass is 237 g/mol. The third kappa shape index (κ3) is 3.55. The molecule has 0 amide bonds. The van der Waals surface area contributed by atoms with Gasteiger partial charge in [0.05, 0.1) is 20.1 Å². The Kier molecular flexibility index (Phi) is 4.63. The summed E-state index contributed by atoms with van der Waals surface area (Å²) in [6.07, 6.45) is 2.09. The van der Waals surface area contributed by atoms with Gasteiger partial charge < -0.3 is 9.47 Å². The maximum absolute atomic E-state index is 11.2. The zero-order valence-electron chi connectivity index (χ0n) is 10.1. The molecule has 0 fully saturated rings. The fourth-order valence-electron chi connectivity index (χ4n) is 1.41. The summed E-state index contributed by atoms with van der Waals surface area (Å²) in [5.41, 5.74) is 1.12. The summed E-state index contributed by atoms with van der Waals surface area (Å²) in [6.45, 7) is 1.78. The van der Waals surface area contributed by atoms with E-state index in [1.807, 2.05) is 0 Å². The molecule has 0 aliphatic heterocycles. The second-order valence-corrected chi connectivity index (χ2v) is 3.67. The third-order valence-corrected chi connectivity index (χ3v) is 2.36. The molecule has 1 heterocycles. The Morgan fingerprint density at radius 3 is 2.47 bits per heavy atom. The summed E-state index contributed by atoms with van der Waals surface area (Å²) in [6, 6.07) is 3.32. The Balaban J connectivity index is 2.68. The number of hydrogen-bond donors (Lipinski definition) is 0. The molecule has 17 heavy (non-hydrogen) atoms. The van der Waals surface area contributed by atoms with Crippen LogP contribution in [0.2, 0.25) is 0 Å². The van der Waals surface area contributed by atoms with E-state index in [1.54, 1.807) is 25.3 Å². The van der Waals surface area contributed by atoms with Crippen LogP contribution in [0.15, 0.2) is 18.3 Å². The van der Waals surface area contributed by atoms with Crippen LogP contribution in [0, 0.1) is 5.92 Å². The number of pyridine rings is 1. The molecule has 0 radical (unpaired) electrons. The molecular weight excluding hydrogens is 222 g/mol. The molecule has 5 heteroatoms. The van der Waals surface area contributed by atoms with Gasteiger partial charge in [0, 0.05) is 6.20 Å². The van der Waals surface area contributed by atoms with Crippen molar-refractivity contribution >= 4 is 11.9 Å². The molecule has 0 N–H and O–H groups in total. The van der Waals surface area contributed by atoms with Crippen LogP contribution in [0.5, 0.6) is 0 Å². The summed E-state index contributed by atoms with van der Waals surface area (Å²) < 4.78 is 9.17. The number of hydrogen-bond acceptors (Lipinski definition) is 5. The van der Waals surface area contributed by atoms with Crippen LogP contribution in [-0.4, -0.2) is 31.1 Å². The van der Waals surface area contributed by atoms with Gasteiger partial charge in [-0.15, -0.1) is 0 Å². The molecule has 0 saturated heterocycles. The SMILES string of the molecule is COC(=O)c1ccc(CC(C)C(=O)OC)cn1. The van der Waals surface area contributed by atoms with Gasteiger partial charge in [-0.1, -0.05) is 13.0 Å². The van der Waals surface area contributed by atoms with Gasteiger partial charge in [-0.05, 0) is 18.1 Å². The van der Waals surface area contributed by atoms with Crippen LogP contribution in [0.3, 0.4) is 0 Å². The van der Waals surface area contributed by atoms with Crippen molar-refractivity contribution in [1.82, 2.24) is 4.98 Å². The van der Waals surface area contributed by atoms with Crippen LogP contribution in [-0.2, 0) is 20.7 Å². The van der Waals surface area contributed by atoms with Crippen molar-refractivity contribution in [3.8, 4) is 0 Å². The zero-order chi connectivity index (χ0) is 12.8. The molecule has 0 aliphatic carbocycles. The van der Waals surface area contributed by atoms with Crippen molar-refractivity contribution in [3.05, 3.63) is 29.6 Å². The molecule has 0 aromatic carbocycles. The molecule has 92 valence electrons. The van der Waals surface area contributed by atoms with Gasteiger partial charge in [0.25, 0.3) is 0 Å². The minimum Gasteiger partial charge on any atom is -0.469 e. The predicted molar refractivity (Wildman–Crippen MR) is 60.5 cm³/mol. The van der Waals surface area contributed by atoms with E-state index in [2.05, 4.69) is 14.5 Å². The van der Waals surface area contributed by atoms with Crippen LogP contribution in [0.1, 0.15) is 23.0 Å². The Labute approximate surface area is 99.8 Å². The van der Waals surface area contributed by atoms with Crippen molar-refractivity contribution in [2.45, 2.75) is 13.3 Å². The maximum Gasteiger partial charge on any atom is 0.356 e. The highest BCUT2D eigenvalue weighted by Crippen LogP contribution is 2.10. The largest absolute Gasteiger partial charge is 0.469 e. The number of aromatic nitrogens is 1. The Hall–Kier alpha value is -1.91. The average Bonchev–Trinajstić information content (AvgIpc) is 2.37. The van der Waals surface area contributed by atoms with E-state index in [0.29, 0.717) is 6.42 Å². The second-order valence-electron chi connectivity index (χ2n) is 3.67. The fourth-order valence-corrected chi connectivity index (χ4v) is 1.41. The first kappa shape index (κ1) is 13.2. The molecule has 0 aliphatic rings. The van der Waals surface area contributed by atoms with Gasteiger partial charge >= 0.3 is 11.9 Å². The van der Waals surface area contributed by atoms with Gasteiger partial charge in [0.15, 0.2) is 0 Å². The van der Waals surface area contributed by atoms with Crippen LogP contribution in [0.25, 0.3) is 0 Å². The Morgan fingerprint density at radius 2 is 2.00 bits per heavy atom. The quantitative estimate of drug-likeness (QED) is 0.737. The van der Waals surface area contributed by atoms with Crippen molar-refractivity contribution in [1.29, 1.82) is 0 Å². The first-order chi connectivity index (χ1) is 8.08.